The fourth-order valence-corrected chi connectivity index (χ4v) is 6.85. The van der Waals surface area contributed by atoms with Crippen LogP contribution in [0.15, 0.2) is 109 Å². The highest BCUT2D eigenvalue weighted by atomic mass is 16.6. The number of amides is 1. The number of non-ortho nitro benzene ring substituents is 1. The summed E-state index contributed by atoms with van der Waals surface area (Å²) in [5.41, 5.74) is 1.61. The molecule has 7 rings (SSSR count). The molecule has 1 N–H and O–H groups in total. The standard InChI is InChI=1S/C33H23N3O5/c37-30(21-10-2-1-3-11-21)28-29(31(38)22-12-8-13-23(19-22)36(40)41)35-26-16-7-4-9-20(26)17-18-27(35)33(28)24-14-5-6-15-25(24)34-32(33)39/h1-19,27-29H,(H,34,39)/t27-,28+,29+,33+/m1/s1. The molecule has 8 heteroatoms. The van der Waals surface area contributed by atoms with Crippen LogP contribution in [0, 0.1) is 16.0 Å². The number of hydrogen-bond acceptors (Lipinski definition) is 6. The van der Waals surface area contributed by atoms with Crippen LogP contribution in [0.3, 0.4) is 0 Å². The summed E-state index contributed by atoms with van der Waals surface area (Å²) < 4.78 is 0. The lowest BCUT2D eigenvalue weighted by molar-refractivity contribution is -0.384. The number of nitrogens with zero attached hydrogens (tertiary/aromatic N) is 2. The topological polar surface area (TPSA) is 110 Å². The third-order valence-electron chi connectivity index (χ3n) is 8.49. The van der Waals surface area contributed by atoms with Crippen LogP contribution in [-0.4, -0.2) is 34.5 Å². The lowest BCUT2D eigenvalue weighted by Gasteiger charge is -2.37. The van der Waals surface area contributed by atoms with E-state index in [4.69, 9.17) is 0 Å². The Balaban J connectivity index is 1.53. The van der Waals surface area contributed by atoms with E-state index < -0.39 is 34.1 Å². The molecule has 1 spiro atoms. The van der Waals surface area contributed by atoms with Crippen molar-refractivity contribution in [3.63, 3.8) is 0 Å². The summed E-state index contributed by atoms with van der Waals surface area (Å²) in [6.45, 7) is 0. The molecule has 3 heterocycles. The fourth-order valence-electron chi connectivity index (χ4n) is 6.85. The Hall–Kier alpha value is -5.37. The molecule has 0 radical (unpaired) electrons. The van der Waals surface area contributed by atoms with Crippen LogP contribution in [0.5, 0.6) is 0 Å². The minimum Gasteiger partial charge on any atom is -0.352 e. The first-order valence-corrected chi connectivity index (χ1v) is 13.3. The Morgan fingerprint density at radius 1 is 0.829 bits per heavy atom. The highest BCUT2D eigenvalue weighted by Crippen LogP contribution is 2.58. The van der Waals surface area contributed by atoms with Gasteiger partial charge in [-0.2, -0.15) is 0 Å². The summed E-state index contributed by atoms with van der Waals surface area (Å²) in [6, 6.07) is 27.2. The Kier molecular flexibility index (Phi) is 5.47. The number of hydrogen-bond donors (Lipinski definition) is 1. The number of anilines is 2. The zero-order valence-electron chi connectivity index (χ0n) is 21.6. The maximum atomic E-state index is 14.6. The van der Waals surface area contributed by atoms with Crippen molar-refractivity contribution in [2.24, 2.45) is 5.92 Å². The molecule has 200 valence electrons. The van der Waals surface area contributed by atoms with E-state index in [1.54, 1.807) is 36.4 Å². The van der Waals surface area contributed by atoms with Crippen molar-refractivity contribution in [2.75, 3.05) is 10.2 Å². The Morgan fingerprint density at radius 3 is 2.34 bits per heavy atom. The lowest BCUT2D eigenvalue weighted by Crippen LogP contribution is -2.51. The van der Waals surface area contributed by atoms with Gasteiger partial charge in [-0.15, -0.1) is 0 Å². The molecule has 4 atom stereocenters. The number of carbonyl (C=O) groups is 3. The van der Waals surface area contributed by atoms with Crippen molar-refractivity contribution >= 4 is 40.6 Å². The molecule has 8 nitrogen and oxygen atoms in total. The molecule has 4 aromatic carbocycles. The van der Waals surface area contributed by atoms with Crippen molar-refractivity contribution in [3.05, 3.63) is 142 Å². The molecule has 1 amide bonds. The van der Waals surface area contributed by atoms with Gasteiger partial charge in [-0.05, 0) is 23.3 Å². The monoisotopic (exact) mass is 541 g/mol. The van der Waals surface area contributed by atoms with Crippen molar-refractivity contribution in [2.45, 2.75) is 17.5 Å². The van der Waals surface area contributed by atoms with E-state index in [9.17, 15) is 24.5 Å². The fraction of sp³-hybridized carbons (Fsp3) is 0.121. The van der Waals surface area contributed by atoms with Gasteiger partial charge in [0.2, 0.25) is 5.91 Å². The van der Waals surface area contributed by atoms with Crippen LogP contribution >= 0.6 is 0 Å². The van der Waals surface area contributed by atoms with Gasteiger partial charge < -0.3 is 10.2 Å². The molecule has 0 bridgehead atoms. The third-order valence-corrected chi connectivity index (χ3v) is 8.49. The van der Waals surface area contributed by atoms with Gasteiger partial charge in [-0.25, -0.2) is 0 Å². The van der Waals surface area contributed by atoms with E-state index in [1.807, 2.05) is 59.5 Å². The van der Waals surface area contributed by atoms with Crippen LogP contribution < -0.4 is 10.2 Å². The summed E-state index contributed by atoms with van der Waals surface area (Å²) in [5.74, 6) is -2.31. The lowest BCUT2D eigenvalue weighted by atomic mass is 9.64. The average Bonchev–Trinajstić information content (AvgIpc) is 3.49. The zero-order valence-corrected chi connectivity index (χ0v) is 21.6. The van der Waals surface area contributed by atoms with Crippen molar-refractivity contribution < 1.29 is 19.3 Å². The van der Waals surface area contributed by atoms with Crippen molar-refractivity contribution in [1.29, 1.82) is 0 Å². The molecule has 4 aromatic rings. The molecule has 0 saturated carbocycles. The van der Waals surface area contributed by atoms with Gasteiger partial charge >= 0.3 is 0 Å². The second kappa shape index (κ2) is 9.09. The first-order chi connectivity index (χ1) is 19.9. The third kappa shape index (κ3) is 3.43. The average molecular weight is 542 g/mol. The van der Waals surface area contributed by atoms with Crippen LogP contribution in [-0.2, 0) is 10.2 Å². The summed E-state index contributed by atoms with van der Waals surface area (Å²) in [4.78, 5) is 56.5. The SMILES string of the molecule is O=C(c1cccc([N+](=O)[O-])c1)[C@@H]1[C@@H](C(=O)c2ccccc2)[C@@]2(C(=O)Nc3ccccc32)[C@H]2C=Cc3ccccc3N12. The largest absolute Gasteiger partial charge is 0.352 e. The van der Waals surface area contributed by atoms with E-state index in [1.165, 1.54) is 24.3 Å². The highest BCUT2D eigenvalue weighted by Gasteiger charge is 2.70. The molecule has 41 heavy (non-hydrogen) atoms. The molecule has 3 aliphatic rings. The van der Waals surface area contributed by atoms with Gasteiger partial charge in [-0.3, -0.25) is 24.5 Å². The second-order valence-electron chi connectivity index (χ2n) is 10.5. The Bertz CT molecular complexity index is 1800. The van der Waals surface area contributed by atoms with Gasteiger partial charge in [0.1, 0.15) is 11.5 Å². The summed E-state index contributed by atoms with van der Waals surface area (Å²) in [5, 5.41) is 14.6. The number of ketones is 2. The molecular formula is C33H23N3O5. The van der Waals surface area contributed by atoms with Crippen LogP contribution in [0.25, 0.3) is 6.08 Å². The zero-order chi connectivity index (χ0) is 28.3. The van der Waals surface area contributed by atoms with Gasteiger partial charge in [0.15, 0.2) is 11.6 Å². The molecule has 0 unspecified atom stereocenters. The van der Waals surface area contributed by atoms with Gasteiger partial charge in [-0.1, -0.05) is 91.0 Å². The Labute approximate surface area is 235 Å². The Morgan fingerprint density at radius 2 is 1.54 bits per heavy atom. The van der Waals surface area contributed by atoms with Gasteiger partial charge in [0, 0.05) is 34.6 Å². The first-order valence-electron chi connectivity index (χ1n) is 13.3. The number of benzene rings is 4. The first kappa shape index (κ1) is 24.7. The predicted octanol–water partition coefficient (Wildman–Crippen LogP) is 5.45. The smallest absolute Gasteiger partial charge is 0.270 e. The molecular weight excluding hydrogens is 518 g/mol. The number of Topliss-reactive ketones (excluding diaryl/α,β-unsaturated/α-hetero) is 2. The number of nitro benzene ring substituents is 1. The molecule has 3 aliphatic heterocycles. The summed E-state index contributed by atoms with van der Waals surface area (Å²) in [7, 11) is 0. The summed E-state index contributed by atoms with van der Waals surface area (Å²) in [6.07, 6.45) is 3.83. The predicted molar refractivity (Wildman–Crippen MR) is 154 cm³/mol. The van der Waals surface area contributed by atoms with E-state index in [0.29, 0.717) is 22.5 Å². The van der Waals surface area contributed by atoms with Crippen LogP contribution in [0.2, 0.25) is 0 Å². The van der Waals surface area contributed by atoms with Crippen LogP contribution in [0.4, 0.5) is 17.1 Å². The number of nitro groups is 1. The summed E-state index contributed by atoms with van der Waals surface area (Å²) >= 11 is 0. The second-order valence-corrected chi connectivity index (χ2v) is 10.5. The quantitative estimate of drug-likeness (QED) is 0.204. The number of para-hydroxylation sites is 2. The van der Waals surface area contributed by atoms with E-state index in [-0.39, 0.29) is 22.9 Å². The molecule has 0 aromatic heterocycles. The van der Waals surface area contributed by atoms with E-state index in [2.05, 4.69) is 5.32 Å². The minimum absolute atomic E-state index is 0.101. The van der Waals surface area contributed by atoms with Crippen molar-refractivity contribution in [1.82, 2.24) is 0 Å². The molecule has 1 saturated heterocycles. The van der Waals surface area contributed by atoms with Gasteiger partial charge in [0.25, 0.3) is 5.69 Å². The maximum Gasteiger partial charge on any atom is 0.270 e. The normalized spacial score (nSPS) is 23.5. The van der Waals surface area contributed by atoms with Crippen LogP contribution in [0.1, 0.15) is 31.8 Å². The maximum absolute atomic E-state index is 14.6. The number of nitrogens with one attached hydrogen (secondary N) is 1. The number of fused-ring (bicyclic) bond motifs is 6. The van der Waals surface area contributed by atoms with Gasteiger partial charge in [0.05, 0.1) is 16.9 Å². The molecule has 0 aliphatic carbocycles. The van der Waals surface area contributed by atoms with E-state index in [0.717, 1.165) is 5.56 Å². The number of carbonyl (C=O) groups excluding carboxylic acids is 3. The molecule has 1 fully saturated rings. The minimum atomic E-state index is -1.44. The van der Waals surface area contributed by atoms with Crippen molar-refractivity contribution in [3.8, 4) is 0 Å². The highest BCUT2D eigenvalue weighted by molar-refractivity contribution is 6.18. The van der Waals surface area contributed by atoms with E-state index >= 15 is 0 Å². The number of rotatable bonds is 5.